The predicted molar refractivity (Wildman–Crippen MR) is 102 cm³/mol. The number of anilines is 1. The zero-order valence-electron chi connectivity index (χ0n) is 15.9. The summed E-state index contributed by atoms with van der Waals surface area (Å²) < 4.78 is 7.53. The minimum atomic E-state index is -0.452. The van der Waals surface area contributed by atoms with Crippen LogP contribution in [-0.2, 0) is 4.74 Å². The second-order valence-corrected chi connectivity index (χ2v) is 8.62. The van der Waals surface area contributed by atoms with Crippen LogP contribution in [-0.4, -0.2) is 39.5 Å². The maximum atomic E-state index is 12.2. The molecule has 1 aromatic heterocycles. The van der Waals surface area contributed by atoms with Gasteiger partial charge in [-0.25, -0.2) is 4.79 Å². The van der Waals surface area contributed by atoms with E-state index in [1.807, 2.05) is 20.8 Å². The van der Waals surface area contributed by atoms with Crippen molar-refractivity contribution in [1.82, 2.24) is 14.7 Å². The van der Waals surface area contributed by atoms with Gasteiger partial charge in [-0.05, 0) is 70.1 Å². The lowest BCUT2D eigenvalue weighted by atomic mass is 10.1. The number of rotatable bonds is 2. The molecule has 0 spiro atoms. The van der Waals surface area contributed by atoms with Crippen molar-refractivity contribution in [2.75, 3.05) is 18.8 Å². The lowest BCUT2D eigenvalue weighted by Crippen LogP contribution is -2.42. The molecule has 1 aliphatic heterocycles. The number of benzene rings is 1. The van der Waals surface area contributed by atoms with Gasteiger partial charge in [0, 0.05) is 30.4 Å². The highest BCUT2D eigenvalue weighted by Gasteiger charge is 2.29. The van der Waals surface area contributed by atoms with Crippen molar-refractivity contribution in [2.45, 2.75) is 64.0 Å². The number of carbonyl (C=O) groups excluding carboxylic acids is 1. The zero-order valence-corrected chi connectivity index (χ0v) is 15.9. The van der Waals surface area contributed by atoms with E-state index in [4.69, 9.17) is 15.6 Å². The molecule has 2 aromatic rings. The number of likely N-dealkylation sites (tertiary alicyclic amines) is 1. The highest BCUT2D eigenvalue weighted by molar-refractivity contribution is 5.83. The number of hydrogen-bond acceptors (Lipinski definition) is 4. The number of amides is 1. The molecule has 2 fully saturated rings. The van der Waals surface area contributed by atoms with E-state index >= 15 is 0 Å². The van der Waals surface area contributed by atoms with Crippen molar-refractivity contribution in [1.29, 1.82) is 0 Å². The van der Waals surface area contributed by atoms with E-state index in [2.05, 4.69) is 23.0 Å². The molecule has 1 aromatic carbocycles. The van der Waals surface area contributed by atoms with Crippen LogP contribution in [0.3, 0.4) is 0 Å². The Labute approximate surface area is 154 Å². The van der Waals surface area contributed by atoms with Crippen molar-refractivity contribution in [3.63, 3.8) is 0 Å². The molecule has 1 saturated carbocycles. The average molecular weight is 356 g/mol. The summed E-state index contributed by atoms with van der Waals surface area (Å²) in [5.74, 6) is 0.626. The van der Waals surface area contributed by atoms with Gasteiger partial charge in [0.1, 0.15) is 5.60 Å². The van der Waals surface area contributed by atoms with Crippen molar-refractivity contribution >= 4 is 22.7 Å². The van der Waals surface area contributed by atoms with Gasteiger partial charge in [-0.3, -0.25) is 4.68 Å². The van der Waals surface area contributed by atoms with Crippen LogP contribution >= 0.6 is 0 Å². The summed E-state index contributed by atoms with van der Waals surface area (Å²) in [5.41, 5.74) is 8.93. The Kier molecular flexibility index (Phi) is 4.09. The van der Waals surface area contributed by atoms with Gasteiger partial charge in [-0.2, -0.15) is 5.10 Å². The number of carbonyl (C=O) groups is 1. The molecule has 6 heteroatoms. The van der Waals surface area contributed by atoms with Crippen LogP contribution in [0.15, 0.2) is 18.3 Å². The Morgan fingerprint density at radius 3 is 2.50 bits per heavy atom. The zero-order chi connectivity index (χ0) is 18.5. The van der Waals surface area contributed by atoms with Gasteiger partial charge in [0.2, 0.25) is 0 Å². The monoisotopic (exact) mass is 356 g/mol. The van der Waals surface area contributed by atoms with Gasteiger partial charge < -0.3 is 15.4 Å². The van der Waals surface area contributed by atoms with Gasteiger partial charge >= 0.3 is 6.09 Å². The standard InChI is InChI=1S/C20H28N4O2/c1-20(2,3)26-19(25)23-8-6-15(7-9-23)24-12-14-10-17(21)16(13-4-5-13)11-18(14)22-24/h10-13,15H,4-9,21H2,1-3H3. The Bertz CT molecular complexity index is 824. The minimum Gasteiger partial charge on any atom is -0.444 e. The summed E-state index contributed by atoms with van der Waals surface area (Å²) in [7, 11) is 0. The summed E-state index contributed by atoms with van der Waals surface area (Å²) >= 11 is 0. The largest absolute Gasteiger partial charge is 0.444 e. The molecule has 1 saturated heterocycles. The van der Waals surface area contributed by atoms with E-state index in [0.717, 1.165) is 29.4 Å². The van der Waals surface area contributed by atoms with Crippen LogP contribution in [0.1, 0.15) is 64.0 Å². The Morgan fingerprint density at radius 1 is 1.19 bits per heavy atom. The van der Waals surface area contributed by atoms with Gasteiger partial charge in [-0.15, -0.1) is 0 Å². The third-order valence-electron chi connectivity index (χ3n) is 5.23. The molecule has 0 atom stereocenters. The number of nitrogens with two attached hydrogens (primary N) is 1. The van der Waals surface area contributed by atoms with Crippen LogP contribution in [0.25, 0.3) is 10.9 Å². The van der Waals surface area contributed by atoms with Crippen LogP contribution in [0.2, 0.25) is 0 Å². The topological polar surface area (TPSA) is 73.4 Å². The molecule has 26 heavy (non-hydrogen) atoms. The first kappa shape index (κ1) is 17.2. The van der Waals surface area contributed by atoms with Gasteiger partial charge in [0.25, 0.3) is 0 Å². The van der Waals surface area contributed by atoms with E-state index in [-0.39, 0.29) is 6.09 Å². The molecule has 1 amide bonds. The molecule has 1 aliphatic carbocycles. The van der Waals surface area contributed by atoms with Gasteiger partial charge in [0.05, 0.1) is 11.6 Å². The third-order valence-corrected chi connectivity index (χ3v) is 5.23. The molecule has 0 bridgehead atoms. The maximum Gasteiger partial charge on any atom is 0.410 e. The summed E-state index contributed by atoms with van der Waals surface area (Å²) in [6.45, 7) is 7.09. The van der Waals surface area contributed by atoms with Crippen LogP contribution in [0.5, 0.6) is 0 Å². The lowest BCUT2D eigenvalue weighted by molar-refractivity contribution is 0.0185. The Balaban J connectivity index is 1.45. The highest BCUT2D eigenvalue weighted by atomic mass is 16.6. The summed E-state index contributed by atoms with van der Waals surface area (Å²) in [6, 6.07) is 4.53. The Morgan fingerprint density at radius 2 is 1.88 bits per heavy atom. The fourth-order valence-corrected chi connectivity index (χ4v) is 3.70. The quantitative estimate of drug-likeness (QED) is 0.823. The molecule has 4 rings (SSSR count). The normalized spacial score (nSPS) is 19.1. The lowest BCUT2D eigenvalue weighted by Gasteiger charge is -2.33. The molecular weight excluding hydrogens is 328 g/mol. The highest BCUT2D eigenvalue weighted by Crippen LogP contribution is 2.43. The molecule has 6 nitrogen and oxygen atoms in total. The summed E-state index contributed by atoms with van der Waals surface area (Å²) in [6.07, 6.45) is 6.12. The summed E-state index contributed by atoms with van der Waals surface area (Å²) in [5, 5.41) is 5.90. The summed E-state index contributed by atoms with van der Waals surface area (Å²) in [4.78, 5) is 14.0. The maximum absolute atomic E-state index is 12.2. The van der Waals surface area contributed by atoms with Crippen molar-refractivity contribution in [2.24, 2.45) is 0 Å². The first-order chi connectivity index (χ1) is 12.3. The van der Waals surface area contributed by atoms with Crippen molar-refractivity contribution in [3.8, 4) is 0 Å². The molecular formula is C20H28N4O2. The Hall–Kier alpha value is -2.24. The number of fused-ring (bicyclic) bond motifs is 1. The van der Waals surface area contributed by atoms with Gasteiger partial charge in [-0.1, -0.05) is 0 Å². The number of piperidine rings is 1. The second-order valence-electron chi connectivity index (χ2n) is 8.62. The van der Waals surface area contributed by atoms with E-state index in [1.54, 1.807) is 4.90 Å². The predicted octanol–water partition coefficient (Wildman–Crippen LogP) is 4.07. The number of ether oxygens (including phenoxy) is 1. The first-order valence-corrected chi connectivity index (χ1v) is 9.56. The molecule has 140 valence electrons. The van der Waals surface area contributed by atoms with Gasteiger partial charge in [0.15, 0.2) is 0 Å². The molecule has 0 radical (unpaired) electrons. The minimum absolute atomic E-state index is 0.219. The molecule has 0 unspecified atom stereocenters. The van der Waals surface area contributed by atoms with Crippen LogP contribution < -0.4 is 5.73 Å². The SMILES string of the molecule is CC(C)(C)OC(=O)N1CCC(n2cc3cc(N)c(C4CC4)cc3n2)CC1. The van der Waals surface area contributed by atoms with E-state index < -0.39 is 5.60 Å². The molecule has 2 heterocycles. The number of hydrogen-bond donors (Lipinski definition) is 1. The number of nitrogen functional groups attached to an aromatic ring is 1. The number of aromatic nitrogens is 2. The molecule has 2 N–H and O–H groups in total. The average Bonchev–Trinajstić information content (AvgIpc) is 3.32. The van der Waals surface area contributed by atoms with E-state index in [1.165, 1.54) is 18.4 Å². The van der Waals surface area contributed by atoms with E-state index in [0.29, 0.717) is 25.0 Å². The van der Waals surface area contributed by atoms with Crippen molar-refractivity contribution in [3.05, 3.63) is 23.9 Å². The smallest absolute Gasteiger partial charge is 0.410 e. The van der Waals surface area contributed by atoms with E-state index in [9.17, 15) is 4.79 Å². The third kappa shape index (κ3) is 3.50. The number of nitrogens with zero attached hydrogens (tertiary/aromatic N) is 3. The van der Waals surface area contributed by atoms with Crippen molar-refractivity contribution < 1.29 is 9.53 Å². The molecule has 2 aliphatic rings. The van der Waals surface area contributed by atoms with Crippen LogP contribution in [0.4, 0.5) is 10.5 Å². The fourth-order valence-electron chi connectivity index (χ4n) is 3.70. The second kappa shape index (κ2) is 6.18. The first-order valence-electron chi connectivity index (χ1n) is 9.56. The fraction of sp³-hybridized carbons (Fsp3) is 0.600. The van der Waals surface area contributed by atoms with Crippen LogP contribution in [0, 0.1) is 0 Å².